The fraction of sp³-hybridized carbons (Fsp3) is 0.261. The zero-order valence-corrected chi connectivity index (χ0v) is 16.6. The summed E-state index contributed by atoms with van der Waals surface area (Å²) < 4.78 is 5.46. The largest absolute Gasteiger partial charge is 0.449 e. The molecule has 0 radical (unpaired) electrons. The van der Waals surface area contributed by atoms with E-state index in [4.69, 9.17) is 4.74 Å². The topological polar surface area (TPSA) is 96.1 Å². The Balaban J connectivity index is 1.20. The van der Waals surface area contributed by atoms with Crippen LogP contribution < -0.4 is 10.6 Å². The number of carbonyl (C=O) groups is 2. The first-order chi connectivity index (χ1) is 14.7. The summed E-state index contributed by atoms with van der Waals surface area (Å²) in [5.74, 6) is -0.0950. The van der Waals surface area contributed by atoms with Crippen molar-refractivity contribution in [2.75, 3.05) is 19.7 Å². The van der Waals surface area contributed by atoms with Crippen LogP contribution in [0.25, 0.3) is 11.1 Å². The smallest absolute Gasteiger partial charge is 0.407 e. The summed E-state index contributed by atoms with van der Waals surface area (Å²) in [6.07, 6.45) is 3.71. The minimum atomic E-state index is -0.512. The summed E-state index contributed by atoms with van der Waals surface area (Å²) in [5, 5.41) is 5.47. The van der Waals surface area contributed by atoms with Crippen molar-refractivity contribution < 1.29 is 14.3 Å². The summed E-state index contributed by atoms with van der Waals surface area (Å²) in [4.78, 5) is 30.9. The number of benzene rings is 2. The zero-order valence-electron chi connectivity index (χ0n) is 16.6. The van der Waals surface area contributed by atoms with E-state index in [1.165, 1.54) is 22.3 Å². The molecule has 7 heteroatoms. The first-order valence-electron chi connectivity index (χ1n) is 10.0. The molecule has 30 heavy (non-hydrogen) atoms. The fourth-order valence-electron chi connectivity index (χ4n) is 3.77. The van der Waals surface area contributed by atoms with E-state index in [2.05, 4.69) is 44.9 Å². The molecule has 1 aliphatic carbocycles. The van der Waals surface area contributed by atoms with Gasteiger partial charge in [0, 0.05) is 43.7 Å². The quantitative estimate of drug-likeness (QED) is 0.538. The van der Waals surface area contributed by atoms with Gasteiger partial charge in [0.2, 0.25) is 5.91 Å². The summed E-state index contributed by atoms with van der Waals surface area (Å²) in [5.41, 5.74) is 5.68. The molecule has 3 aromatic rings. The van der Waals surface area contributed by atoms with E-state index in [-0.39, 0.29) is 31.4 Å². The number of nitrogens with zero attached hydrogens (tertiary/aromatic N) is 1. The molecule has 4 rings (SSSR count). The molecule has 1 aliphatic rings. The standard InChI is InChI=1S/C23H24N4O3/c28-22(25-11-9-16-13-24-15-27-16)10-12-26-23(29)30-14-21-19-7-3-1-5-17(19)18-6-2-4-8-20(18)21/h1-8,13,15,21H,9-12,14H2,(H,24,27)(H,25,28)(H,26,29). The molecule has 0 aliphatic heterocycles. The van der Waals surface area contributed by atoms with Crippen LogP contribution >= 0.6 is 0 Å². The van der Waals surface area contributed by atoms with Gasteiger partial charge in [0.1, 0.15) is 6.61 Å². The zero-order chi connectivity index (χ0) is 20.8. The Morgan fingerprint density at radius 1 is 0.967 bits per heavy atom. The van der Waals surface area contributed by atoms with Crippen LogP contribution in [0, 0.1) is 0 Å². The van der Waals surface area contributed by atoms with Crippen molar-refractivity contribution in [1.82, 2.24) is 20.6 Å². The molecule has 154 valence electrons. The Bertz CT molecular complexity index is 971. The van der Waals surface area contributed by atoms with Gasteiger partial charge in [0.15, 0.2) is 0 Å². The van der Waals surface area contributed by atoms with Crippen LogP contribution in [0.3, 0.4) is 0 Å². The average molecular weight is 404 g/mol. The number of fused-ring (bicyclic) bond motifs is 3. The number of nitrogens with one attached hydrogen (secondary N) is 3. The summed E-state index contributed by atoms with van der Waals surface area (Å²) in [6.45, 7) is 1.01. The highest BCUT2D eigenvalue weighted by molar-refractivity contribution is 5.79. The van der Waals surface area contributed by atoms with Gasteiger partial charge < -0.3 is 20.4 Å². The number of carbonyl (C=O) groups excluding carboxylic acids is 2. The third-order valence-electron chi connectivity index (χ3n) is 5.24. The molecule has 2 aromatic carbocycles. The SMILES string of the molecule is O=C(CCNC(=O)OCC1c2ccccc2-c2ccccc21)NCCc1cnc[nH]1. The molecule has 0 saturated carbocycles. The van der Waals surface area contributed by atoms with Crippen molar-refractivity contribution >= 4 is 12.0 Å². The normalized spacial score (nSPS) is 12.1. The molecule has 1 aromatic heterocycles. The van der Waals surface area contributed by atoms with Crippen LogP contribution in [-0.2, 0) is 16.0 Å². The van der Waals surface area contributed by atoms with Crippen LogP contribution in [0.2, 0.25) is 0 Å². The molecule has 7 nitrogen and oxygen atoms in total. The number of rotatable bonds is 8. The van der Waals surface area contributed by atoms with Crippen molar-refractivity contribution in [2.45, 2.75) is 18.8 Å². The van der Waals surface area contributed by atoms with E-state index in [1.54, 1.807) is 12.5 Å². The van der Waals surface area contributed by atoms with Crippen LogP contribution in [0.5, 0.6) is 0 Å². The molecule has 1 heterocycles. The van der Waals surface area contributed by atoms with Crippen LogP contribution in [-0.4, -0.2) is 41.7 Å². The van der Waals surface area contributed by atoms with Crippen molar-refractivity contribution in [3.8, 4) is 11.1 Å². The maximum absolute atomic E-state index is 12.1. The van der Waals surface area contributed by atoms with E-state index in [9.17, 15) is 9.59 Å². The van der Waals surface area contributed by atoms with Gasteiger partial charge in [-0.15, -0.1) is 0 Å². The molecule has 2 amide bonds. The van der Waals surface area contributed by atoms with Gasteiger partial charge in [-0.05, 0) is 22.3 Å². The van der Waals surface area contributed by atoms with E-state index >= 15 is 0 Å². The highest BCUT2D eigenvalue weighted by Crippen LogP contribution is 2.44. The number of hydrogen-bond acceptors (Lipinski definition) is 4. The number of aromatic nitrogens is 2. The van der Waals surface area contributed by atoms with E-state index in [0.717, 1.165) is 5.69 Å². The summed E-state index contributed by atoms with van der Waals surface area (Å²) >= 11 is 0. The van der Waals surface area contributed by atoms with E-state index < -0.39 is 6.09 Å². The van der Waals surface area contributed by atoms with Gasteiger partial charge in [-0.1, -0.05) is 48.5 Å². The molecule has 0 saturated heterocycles. The summed E-state index contributed by atoms with van der Waals surface area (Å²) in [7, 11) is 0. The van der Waals surface area contributed by atoms with Gasteiger partial charge in [0.05, 0.1) is 6.33 Å². The number of ether oxygens (including phenoxy) is 1. The molecule has 0 atom stereocenters. The molecule has 3 N–H and O–H groups in total. The van der Waals surface area contributed by atoms with Gasteiger partial charge in [-0.3, -0.25) is 4.79 Å². The fourth-order valence-corrected chi connectivity index (χ4v) is 3.77. The van der Waals surface area contributed by atoms with Crippen LogP contribution in [0.15, 0.2) is 61.1 Å². The number of H-pyrrole nitrogens is 1. The second kappa shape index (κ2) is 9.26. The highest BCUT2D eigenvalue weighted by Gasteiger charge is 2.28. The first kappa shape index (κ1) is 19.7. The summed E-state index contributed by atoms with van der Waals surface area (Å²) in [6, 6.07) is 16.4. The molecule has 0 spiro atoms. The molecular weight excluding hydrogens is 380 g/mol. The second-order valence-electron chi connectivity index (χ2n) is 7.18. The van der Waals surface area contributed by atoms with E-state index in [1.807, 2.05) is 24.3 Å². The Labute approximate surface area is 174 Å². The molecule has 0 bridgehead atoms. The average Bonchev–Trinajstić information content (AvgIpc) is 3.38. The van der Waals surface area contributed by atoms with Gasteiger partial charge in [-0.25, -0.2) is 9.78 Å². The van der Waals surface area contributed by atoms with Gasteiger partial charge >= 0.3 is 6.09 Å². The molecular formula is C23H24N4O3. The Kier molecular flexibility index (Phi) is 6.08. The molecule has 0 fully saturated rings. The minimum Gasteiger partial charge on any atom is -0.449 e. The third kappa shape index (κ3) is 4.51. The number of aromatic amines is 1. The number of imidazole rings is 1. The Hall–Kier alpha value is -3.61. The Morgan fingerprint density at radius 2 is 1.67 bits per heavy atom. The lowest BCUT2D eigenvalue weighted by atomic mass is 9.98. The first-order valence-corrected chi connectivity index (χ1v) is 10.0. The Morgan fingerprint density at radius 3 is 2.33 bits per heavy atom. The second-order valence-corrected chi connectivity index (χ2v) is 7.18. The maximum Gasteiger partial charge on any atom is 0.407 e. The van der Waals surface area contributed by atoms with Crippen LogP contribution in [0.1, 0.15) is 29.2 Å². The van der Waals surface area contributed by atoms with Gasteiger partial charge in [-0.2, -0.15) is 0 Å². The van der Waals surface area contributed by atoms with Gasteiger partial charge in [0.25, 0.3) is 0 Å². The van der Waals surface area contributed by atoms with Crippen LogP contribution in [0.4, 0.5) is 4.79 Å². The van der Waals surface area contributed by atoms with Crippen molar-refractivity contribution in [1.29, 1.82) is 0 Å². The number of hydrogen-bond donors (Lipinski definition) is 3. The number of amides is 2. The predicted octanol–water partition coefficient (Wildman–Crippen LogP) is 3.00. The highest BCUT2D eigenvalue weighted by atomic mass is 16.5. The number of alkyl carbamates (subject to hydrolysis) is 1. The monoisotopic (exact) mass is 404 g/mol. The maximum atomic E-state index is 12.1. The lowest BCUT2D eigenvalue weighted by Crippen LogP contribution is -2.32. The van der Waals surface area contributed by atoms with Crippen molar-refractivity contribution in [3.05, 3.63) is 77.9 Å². The van der Waals surface area contributed by atoms with Crippen molar-refractivity contribution in [3.63, 3.8) is 0 Å². The minimum absolute atomic E-state index is 0.0222. The lowest BCUT2D eigenvalue weighted by Gasteiger charge is -2.14. The third-order valence-corrected chi connectivity index (χ3v) is 5.24. The molecule has 0 unspecified atom stereocenters. The van der Waals surface area contributed by atoms with Crippen molar-refractivity contribution in [2.24, 2.45) is 0 Å². The van der Waals surface area contributed by atoms with E-state index in [0.29, 0.717) is 13.0 Å². The predicted molar refractivity (Wildman–Crippen MR) is 113 cm³/mol. The lowest BCUT2D eigenvalue weighted by molar-refractivity contribution is -0.120.